The van der Waals surface area contributed by atoms with Gasteiger partial charge < -0.3 is 4.74 Å². The van der Waals surface area contributed by atoms with Gasteiger partial charge in [-0.2, -0.15) is 0 Å². The van der Waals surface area contributed by atoms with Crippen LogP contribution >= 0.6 is 0 Å². The first-order chi connectivity index (χ1) is 6.07. The lowest BCUT2D eigenvalue weighted by Crippen LogP contribution is -1.84. The summed E-state index contributed by atoms with van der Waals surface area (Å²) in [6.45, 7) is 9.53. The number of benzene rings is 1. The van der Waals surface area contributed by atoms with Gasteiger partial charge in [0.1, 0.15) is 5.75 Å². The van der Waals surface area contributed by atoms with Crippen LogP contribution in [0, 0.1) is 6.92 Å². The predicted molar refractivity (Wildman–Crippen MR) is 58.2 cm³/mol. The first-order valence-corrected chi connectivity index (χ1v) is 4.29. The Labute approximate surface area is 81.1 Å². The van der Waals surface area contributed by atoms with Gasteiger partial charge in [0.2, 0.25) is 0 Å². The maximum atomic E-state index is 5.04. The number of methoxy groups -OCH3 is 1. The average molecular weight is 178 g/mol. The second kappa shape index (κ2) is 6.30. The van der Waals surface area contributed by atoms with Crippen molar-refractivity contribution in [2.24, 2.45) is 0 Å². The van der Waals surface area contributed by atoms with Crippen LogP contribution in [0.15, 0.2) is 36.4 Å². The Balaban J connectivity index is 0.000000310. The number of allylic oxidation sites excluding steroid dienone is 1. The van der Waals surface area contributed by atoms with Gasteiger partial charge in [0.05, 0.1) is 7.11 Å². The first kappa shape index (κ1) is 11.8. The van der Waals surface area contributed by atoms with Crippen molar-refractivity contribution in [1.82, 2.24) is 0 Å². The summed E-state index contributed by atoms with van der Waals surface area (Å²) in [4.78, 5) is 0. The molecule has 1 rings (SSSR count). The van der Waals surface area contributed by atoms with Crippen LogP contribution in [-0.2, 0) is 0 Å². The number of hydrogen-bond donors (Lipinski definition) is 0. The molecule has 0 aliphatic carbocycles. The minimum Gasteiger partial charge on any atom is -0.496 e. The van der Waals surface area contributed by atoms with Crippen LogP contribution in [0.1, 0.15) is 19.4 Å². The summed E-state index contributed by atoms with van der Waals surface area (Å²) in [7, 11) is 1.68. The van der Waals surface area contributed by atoms with Crippen LogP contribution in [0.2, 0.25) is 0 Å². The fourth-order valence-electron chi connectivity index (χ4n) is 0.785. The molecule has 13 heavy (non-hydrogen) atoms. The molecule has 0 heterocycles. The van der Waals surface area contributed by atoms with Crippen molar-refractivity contribution in [3.05, 3.63) is 42.0 Å². The van der Waals surface area contributed by atoms with E-state index in [1.165, 1.54) is 11.1 Å². The SMILES string of the molecule is C=C(C)C.COc1ccccc1C. The van der Waals surface area contributed by atoms with E-state index in [1.807, 2.05) is 45.0 Å². The molecular weight excluding hydrogens is 160 g/mol. The molecule has 1 aromatic carbocycles. The third-order valence-electron chi connectivity index (χ3n) is 1.31. The van der Waals surface area contributed by atoms with Crippen LogP contribution in [-0.4, -0.2) is 7.11 Å². The Morgan fingerprint density at radius 3 is 2.00 bits per heavy atom. The number of para-hydroxylation sites is 1. The summed E-state index contributed by atoms with van der Waals surface area (Å²) in [6, 6.07) is 7.94. The van der Waals surface area contributed by atoms with Gasteiger partial charge in [0.25, 0.3) is 0 Å². The zero-order valence-corrected chi connectivity index (χ0v) is 8.92. The van der Waals surface area contributed by atoms with E-state index in [1.54, 1.807) is 7.11 Å². The molecule has 72 valence electrons. The lowest BCUT2D eigenvalue weighted by Gasteiger charge is -2.00. The van der Waals surface area contributed by atoms with E-state index < -0.39 is 0 Å². The van der Waals surface area contributed by atoms with Crippen LogP contribution in [0.4, 0.5) is 0 Å². The van der Waals surface area contributed by atoms with E-state index in [9.17, 15) is 0 Å². The van der Waals surface area contributed by atoms with Gasteiger partial charge >= 0.3 is 0 Å². The van der Waals surface area contributed by atoms with E-state index in [-0.39, 0.29) is 0 Å². The molecule has 0 aliphatic rings. The molecule has 0 spiro atoms. The lowest BCUT2D eigenvalue weighted by molar-refractivity contribution is 0.411. The molecule has 0 aliphatic heterocycles. The summed E-state index contributed by atoms with van der Waals surface area (Å²) in [5.41, 5.74) is 2.35. The van der Waals surface area contributed by atoms with Crippen molar-refractivity contribution in [2.75, 3.05) is 7.11 Å². The molecule has 0 unspecified atom stereocenters. The van der Waals surface area contributed by atoms with Gasteiger partial charge in [-0.05, 0) is 32.4 Å². The van der Waals surface area contributed by atoms with Crippen molar-refractivity contribution in [3.63, 3.8) is 0 Å². The molecule has 0 saturated carbocycles. The van der Waals surface area contributed by atoms with Gasteiger partial charge in [-0.3, -0.25) is 0 Å². The molecule has 0 bridgehead atoms. The minimum absolute atomic E-state index is 0.956. The van der Waals surface area contributed by atoms with Gasteiger partial charge in [-0.15, -0.1) is 6.58 Å². The third kappa shape index (κ3) is 5.97. The van der Waals surface area contributed by atoms with Gasteiger partial charge in [0.15, 0.2) is 0 Å². The van der Waals surface area contributed by atoms with Gasteiger partial charge in [-0.25, -0.2) is 0 Å². The Morgan fingerprint density at radius 1 is 1.23 bits per heavy atom. The van der Waals surface area contributed by atoms with E-state index in [0.29, 0.717) is 0 Å². The van der Waals surface area contributed by atoms with Gasteiger partial charge in [0, 0.05) is 0 Å². The van der Waals surface area contributed by atoms with Crippen molar-refractivity contribution < 1.29 is 4.74 Å². The standard InChI is InChI=1S/C8H10O.C4H8/c1-7-5-3-4-6-8(7)9-2;1-4(2)3/h3-6H,1-2H3;1H2,2-3H3. The molecule has 0 saturated heterocycles. The smallest absolute Gasteiger partial charge is 0.121 e. The second-order valence-electron chi connectivity index (χ2n) is 3.18. The van der Waals surface area contributed by atoms with Crippen molar-refractivity contribution in [3.8, 4) is 5.75 Å². The summed E-state index contributed by atoms with van der Waals surface area (Å²) in [5, 5.41) is 0. The van der Waals surface area contributed by atoms with Crippen LogP contribution < -0.4 is 4.74 Å². The van der Waals surface area contributed by atoms with Crippen molar-refractivity contribution >= 4 is 0 Å². The summed E-state index contributed by atoms with van der Waals surface area (Å²) in [6.07, 6.45) is 0. The highest BCUT2D eigenvalue weighted by Gasteiger charge is 1.90. The maximum Gasteiger partial charge on any atom is 0.121 e. The number of hydrogen-bond acceptors (Lipinski definition) is 1. The highest BCUT2D eigenvalue weighted by molar-refractivity contribution is 5.31. The monoisotopic (exact) mass is 178 g/mol. The molecule has 0 N–H and O–H groups in total. The molecule has 0 radical (unpaired) electrons. The lowest BCUT2D eigenvalue weighted by atomic mass is 10.2. The topological polar surface area (TPSA) is 9.23 Å². The number of aryl methyl sites for hydroxylation is 1. The fourth-order valence-corrected chi connectivity index (χ4v) is 0.785. The van der Waals surface area contributed by atoms with Gasteiger partial charge in [-0.1, -0.05) is 23.8 Å². The van der Waals surface area contributed by atoms with Crippen LogP contribution in [0.3, 0.4) is 0 Å². The summed E-state index contributed by atoms with van der Waals surface area (Å²) >= 11 is 0. The number of rotatable bonds is 1. The molecule has 1 nitrogen and oxygen atoms in total. The molecule has 1 heteroatoms. The van der Waals surface area contributed by atoms with E-state index in [2.05, 4.69) is 6.58 Å². The molecule has 0 aromatic heterocycles. The summed E-state index contributed by atoms with van der Waals surface area (Å²) < 4.78 is 5.04. The maximum absolute atomic E-state index is 5.04. The quantitative estimate of drug-likeness (QED) is 0.597. The molecule has 1 aromatic rings. The highest BCUT2D eigenvalue weighted by atomic mass is 16.5. The second-order valence-corrected chi connectivity index (χ2v) is 3.18. The highest BCUT2D eigenvalue weighted by Crippen LogP contribution is 2.14. The molecule has 0 amide bonds. The summed E-state index contributed by atoms with van der Waals surface area (Å²) in [5.74, 6) is 0.956. The zero-order valence-electron chi connectivity index (χ0n) is 8.92. The van der Waals surface area contributed by atoms with E-state index in [4.69, 9.17) is 4.74 Å². The third-order valence-corrected chi connectivity index (χ3v) is 1.31. The van der Waals surface area contributed by atoms with Crippen LogP contribution in [0.25, 0.3) is 0 Å². The Morgan fingerprint density at radius 2 is 1.69 bits per heavy atom. The fraction of sp³-hybridized carbons (Fsp3) is 0.333. The molecule has 0 fully saturated rings. The van der Waals surface area contributed by atoms with E-state index in [0.717, 1.165) is 5.75 Å². The van der Waals surface area contributed by atoms with Crippen LogP contribution in [0.5, 0.6) is 5.75 Å². The zero-order chi connectivity index (χ0) is 10.3. The van der Waals surface area contributed by atoms with E-state index >= 15 is 0 Å². The first-order valence-electron chi connectivity index (χ1n) is 4.29. The number of ether oxygens (including phenoxy) is 1. The van der Waals surface area contributed by atoms with Crippen molar-refractivity contribution in [2.45, 2.75) is 20.8 Å². The predicted octanol–water partition coefficient (Wildman–Crippen LogP) is 3.59. The Hall–Kier alpha value is -1.24. The largest absolute Gasteiger partial charge is 0.496 e. The molecule has 0 atom stereocenters. The minimum atomic E-state index is 0.956. The molecular formula is C12H18O. The van der Waals surface area contributed by atoms with Crippen molar-refractivity contribution in [1.29, 1.82) is 0 Å². The average Bonchev–Trinajstić information content (AvgIpc) is 2.04. The Bertz CT molecular complexity index is 260. The Kier molecular flexibility index (Phi) is 5.69. The normalized spacial score (nSPS) is 8.31.